The standard InChI is InChI=1S/C18H30N4O3S.ClH/c1-25-15(23)7-4-12-2-5-14(6-3-12)22-18(13-8-10-20-11-9-13)26-17(21-22)16(19)24;/h12-14,18,20H,2-11H2,1H3,(H2,19,24);1H. The summed E-state index contributed by atoms with van der Waals surface area (Å²) in [5.74, 6) is 0.587. The number of thioether (sulfide) groups is 1. The van der Waals surface area contributed by atoms with Gasteiger partial charge in [-0.2, -0.15) is 5.10 Å². The van der Waals surface area contributed by atoms with Crippen molar-refractivity contribution in [2.45, 2.75) is 62.8 Å². The van der Waals surface area contributed by atoms with Crippen molar-refractivity contribution in [3.63, 3.8) is 0 Å². The molecule has 1 amide bonds. The van der Waals surface area contributed by atoms with Gasteiger partial charge in [-0.25, -0.2) is 0 Å². The molecule has 2 heterocycles. The fourth-order valence-corrected chi connectivity index (χ4v) is 5.59. The van der Waals surface area contributed by atoms with Crippen LogP contribution in [0.3, 0.4) is 0 Å². The number of piperidine rings is 1. The minimum absolute atomic E-state index is 0. The van der Waals surface area contributed by atoms with E-state index in [9.17, 15) is 9.59 Å². The molecule has 3 N–H and O–H groups in total. The largest absolute Gasteiger partial charge is 0.469 e. The van der Waals surface area contributed by atoms with Gasteiger partial charge in [-0.15, -0.1) is 12.4 Å². The van der Waals surface area contributed by atoms with Gasteiger partial charge in [-0.1, -0.05) is 11.8 Å². The number of carbonyl (C=O) groups excluding carboxylic acids is 2. The monoisotopic (exact) mass is 418 g/mol. The number of hydrogen-bond donors (Lipinski definition) is 2. The number of hydrazone groups is 1. The molecule has 1 saturated heterocycles. The van der Waals surface area contributed by atoms with Crippen LogP contribution in [-0.2, 0) is 14.3 Å². The summed E-state index contributed by atoms with van der Waals surface area (Å²) in [6.07, 6.45) is 7.96. The topological polar surface area (TPSA) is 97.0 Å². The zero-order valence-corrected chi connectivity index (χ0v) is 17.5. The summed E-state index contributed by atoms with van der Waals surface area (Å²) in [5.41, 5.74) is 5.51. The first kappa shape index (κ1) is 22.3. The number of nitrogens with zero attached hydrogens (tertiary/aromatic N) is 2. The predicted octanol–water partition coefficient (Wildman–Crippen LogP) is 2.09. The van der Waals surface area contributed by atoms with E-state index in [0.29, 0.717) is 29.3 Å². The van der Waals surface area contributed by atoms with Crippen LogP contribution < -0.4 is 11.1 Å². The molecule has 27 heavy (non-hydrogen) atoms. The average Bonchev–Trinajstić information content (AvgIpc) is 3.13. The smallest absolute Gasteiger partial charge is 0.305 e. The molecule has 2 aliphatic heterocycles. The first-order valence-electron chi connectivity index (χ1n) is 9.69. The third-order valence-electron chi connectivity index (χ3n) is 5.87. The highest BCUT2D eigenvalue weighted by molar-refractivity contribution is 8.16. The molecular formula is C18H31ClN4O3S. The number of nitrogens with two attached hydrogens (primary N) is 1. The lowest BCUT2D eigenvalue weighted by atomic mass is 9.83. The molecule has 2 fully saturated rings. The minimum Gasteiger partial charge on any atom is -0.469 e. The fraction of sp³-hybridized carbons (Fsp3) is 0.833. The lowest BCUT2D eigenvalue weighted by molar-refractivity contribution is -0.141. The van der Waals surface area contributed by atoms with Gasteiger partial charge in [0.15, 0.2) is 5.04 Å². The third-order valence-corrected chi connectivity index (χ3v) is 7.22. The number of carbonyl (C=O) groups is 2. The molecule has 1 atom stereocenters. The van der Waals surface area contributed by atoms with Gasteiger partial charge in [0.25, 0.3) is 5.91 Å². The molecule has 3 rings (SSSR count). The highest BCUT2D eigenvalue weighted by Gasteiger charge is 2.40. The second-order valence-corrected chi connectivity index (χ2v) is 8.64. The van der Waals surface area contributed by atoms with E-state index >= 15 is 0 Å². The lowest BCUT2D eigenvalue weighted by Gasteiger charge is -2.40. The Balaban J connectivity index is 0.00000261. The van der Waals surface area contributed by atoms with Crippen LogP contribution in [0.1, 0.15) is 51.4 Å². The quantitative estimate of drug-likeness (QED) is 0.641. The summed E-state index contributed by atoms with van der Waals surface area (Å²) >= 11 is 1.56. The average molecular weight is 419 g/mol. The maximum absolute atomic E-state index is 11.7. The van der Waals surface area contributed by atoms with Crippen LogP contribution in [0.15, 0.2) is 5.10 Å². The van der Waals surface area contributed by atoms with Gasteiger partial charge in [-0.3, -0.25) is 14.6 Å². The summed E-state index contributed by atoms with van der Waals surface area (Å²) < 4.78 is 4.74. The summed E-state index contributed by atoms with van der Waals surface area (Å²) in [6, 6.07) is 0.369. The molecule has 1 unspecified atom stereocenters. The molecule has 0 aromatic heterocycles. The van der Waals surface area contributed by atoms with Gasteiger partial charge in [0.05, 0.1) is 7.11 Å². The molecule has 154 valence electrons. The molecule has 1 aliphatic carbocycles. The van der Waals surface area contributed by atoms with E-state index in [1.165, 1.54) is 7.11 Å². The number of esters is 1. The van der Waals surface area contributed by atoms with Crippen molar-refractivity contribution in [1.82, 2.24) is 10.3 Å². The second-order valence-electron chi connectivity index (χ2n) is 7.53. The van der Waals surface area contributed by atoms with Crippen LogP contribution in [0.5, 0.6) is 0 Å². The summed E-state index contributed by atoms with van der Waals surface area (Å²) in [5, 5.41) is 10.9. The molecule has 1 saturated carbocycles. The Morgan fingerprint density at radius 2 is 1.89 bits per heavy atom. The number of primary amides is 1. The SMILES string of the molecule is COC(=O)CCC1CCC(N2N=C(C(N)=O)SC2C2CCNCC2)CC1.Cl. The Hall–Kier alpha value is -0.990. The molecule has 0 aromatic rings. The molecule has 0 spiro atoms. The predicted molar refractivity (Wildman–Crippen MR) is 110 cm³/mol. The van der Waals surface area contributed by atoms with Crippen molar-refractivity contribution >= 4 is 41.1 Å². The van der Waals surface area contributed by atoms with Gasteiger partial charge >= 0.3 is 5.97 Å². The van der Waals surface area contributed by atoms with E-state index in [1.54, 1.807) is 11.8 Å². The number of rotatable bonds is 6. The summed E-state index contributed by atoms with van der Waals surface area (Å²) in [4.78, 5) is 23.0. The second kappa shape index (κ2) is 10.5. The number of amides is 1. The van der Waals surface area contributed by atoms with Crippen molar-refractivity contribution < 1.29 is 14.3 Å². The van der Waals surface area contributed by atoms with Crippen molar-refractivity contribution in [1.29, 1.82) is 0 Å². The highest BCUT2D eigenvalue weighted by Crippen LogP contribution is 2.41. The van der Waals surface area contributed by atoms with Crippen molar-refractivity contribution in [3.8, 4) is 0 Å². The van der Waals surface area contributed by atoms with E-state index in [1.807, 2.05) is 0 Å². The number of ether oxygens (including phenoxy) is 1. The van der Waals surface area contributed by atoms with Crippen molar-refractivity contribution in [2.24, 2.45) is 22.7 Å². The lowest BCUT2D eigenvalue weighted by Crippen LogP contribution is -2.44. The number of hydrogen-bond acceptors (Lipinski definition) is 7. The first-order valence-corrected chi connectivity index (χ1v) is 10.6. The van der Waals surface area contributed by atoms with Crippen molar-refractivity contribution in [3.05, 3.63) is 0 Å². The molecule has 3 aliphatic rings. The first-order chi connectivity index (χ1) is 12.6. The maximum atomic E-state index is 11.7. The van der Waals surface area contributed by atoms with Crippen LogP contribution in [-0.4, -0.2) is 53.5 Å². The van der Waals surface area contributed by atoms with Crippen LogP contribution in [0.4, 0.5) is 0 Å². The van der Waals surface area contributed by atoms with Gasteiger partial charge in [0.1, 0.15) is 5.37 Å². The van der Waals surface area contributed by atoms with Gasteiger partial charge < -0.3 is 15.8 Å². The van der Waals surface area contributed by atoms with Crippen LogP contribution in [0.25, 0.3) is 0 Å². The van der Waals surface area contributed by atoms with Crippen LogP contribution >= 0.6 is 24.2 Å². The molecule has 9 heteroatoms. The third kappa shape index (κ3) is 5.74. The Bertz CT molecular complexity index is 549. The molecule has 7 nitrogen and oxygen atoms in total. The maximum Gasteiger partial charge on any atom is 0.305 e. The van der Waals surface area contributed by atoms with Gasteiger partial charge in [-0.05, 0) is 69.9 Å². The van der Waals surface area contributed by atoms with Gasteiger partial charge in [0, 0.05) is 12.5 Å². The molecular weight excluding hydrogens is 388 g/mol. The summed E-state index contributed by atoms with van der Waals surface area (Å²) in [7, 11) is 1.44. The van der Waals surface area contributed by atoms with E-state index in [2.05, 4.69) is 15.4 Å². The zero-order chi connectivity index (χ0) is 18.5. The number of halogens is 1. The Morgan fingerprint density at radius 1 is 1.22 bits per heavy atom. The minimum atomic E-state index is -0.414. The number of methoxy groups -OCH3 is 1. The van der Waals surface area contributed by atoms with Crippen LogP contribution in [0.2, 0.25) is 0 Å². The zero-order valence-electron chi connectivity index (χ0n) is 15.9. The molecule has 0 bridgehead atoms. The van der Waals surface area contributed by atoms with E-state index < -0.39 is 5.91 Å². The van der Waals surface area contributed by atoms with E-state index in [-0.39, 0.29) is 23.8 Å². The molecule has 0 radical (unpaired) electrons. The van der Waals surface area contributed by atoms with E-state index in [0.717, 1.165) is 58.0 Å². The Labute approximate surface area is 171 Å². The van der Waals surface area contributed by atoms with Crippen LogP contribution in [0, 0.1) is 11.8 Å². The normalized spacial score (nSPS) is 29.0. The Morgan fingerprint density at radius 3 is 2.48 bits per heavy atom. The van der Waals surface area contributed by atoms with E-state index in [4.69, 9.17) is 10.5 Å². The highest BCUT2D eigenvalue weighted by atomic mass is 35.5. The summed E-state index contributed by atoms with van der Waals surface area (Å²) in [6.45, 7) is 2.06. The number of nitrogens with one attached hydrogen (secondary N) is 1. The Kier molecular flexibility index (Phi) is 8.69. The fourth-order valence-electron chi connectivity index (χ4n) is 4.31. The van der Waals surface area contributed by atoms with Crippen molar-refractivity contribution in [2.75, 3.05) is 20.2 Å². The van der Waals surface area contributed by atoms with Gasteiger partial charge in [0.2, 0.25) is 0 Å². The molecule has 0 aromatic carbocycles.